The highest BCUT2D eigenvalue weighted by atomic mass is 16.5. The van der Waals surface area contributed by atoms with Crippen LogP contribution in [0, 0.1) is 11.5 Å². The molecule has 0 saturated carbocycles. The van der Waals surface area contributed by atoms with Crippen molar-refractivity contribution >= 4 is 35.6 Å². The molecular formula is C29H38N6O7. The van der Waals surface area contributed by atoms with Crippen molar-refractivity contribution in [1.82, 2.24) is 15.5 Å². The van der Waals surface area contributed by atoms with Crippen LogP contribution in [0.2, 0.25) is 0 Å². The second kappa shape index (κ2) is 19.9. The molecule has 5 N–H and O–H groups in total. The molecule has 0 spiro atoms. The molecule has 13 nitrogen and oxygen atoms in total. The van der Waals surface area contributed by atoms with Gasteiger partial charge in [-0.3, -0.25) is 15.1 Å². The van der Waals surface area contributed by atoms with E-state index in [9.17, 15) is 4.79 Å². The van der Waals surface area contributed by atoms with Gasteiger partial charge in [-0.25, -0.2) is 9.59 Å². The van der Waals surface area contributed by atoms with E-state index in [1.54, 1.807) is 21.3 Å². The Balaban J connectivity index is 0.00000132. The highest BCUT2D eigenvalue weighted by molar-refractivity contribution is 6.27. The van der Waals surface area contributed by atoms with Gasteiger partial charge in [0.05, 0.1) is 14.2 Å². The van der Waals surface area contributed by atoms with Gasteiger partial charge in [-0.2, -0.15) is 5.26 Å². The number of nitriles is 1. The number of nitrogens with one attached hydrogen (secondary N) is 3. The van der Waals surface area contributed by atoms with Gasteiger partial charge >= 0.3 is 11.9 Å². The number of benzene rings is 2. The number of aliphatic imine (C=N–C) groups is 1. The normalized spacial score (nSPS) is 10.7. The van der Waals surface area contributed by atoms with Crippen molar-refractivity contribution in [1.29, 1.82) is 5.26 Å². The molecule has 0 heterocycles. The van der Waals surface area contributed by atoms with E-state index >= 15 is 0 Å². The number of hydrogen-bond donors (Lipinski definition) is 5. The zero-order valence-electron chi connectivity index (χ0n) is 24.2. The van der Waals surface area contributed by atoms with Crippen molar-refractivity contribution in [3.63, 3.8) is 0 Å². The number of guanidine groups is 1. The maximum atomic E-state index is 12.1. The van der Waals surface area contributed by atoms with Crippen LogP contribution in [0.3, 0.4) is 0 Å². The highest BCUT2D eigenvalue weighted by Crippen LogP contribution is 2.22. The first-order chi connectivity index (χ1) is 20.1. The maximum Gasteiger partial charge on any atom is 0.414 e. The van der Waals surface area contributed by atoms with Crippen molar-refractivity contribution in [3.05, 3.63) is 59.7 Å². The molecule has 2 aromatic rings. The van der Waals surface area contributed by atoms with Crippen LogP contribution >= 0.6 is 0 Å². The monoisotopic (exact) mass is 582 g/mol. The summed E-state index contributed by atoms with van der Waals surface area (Å²) >= 11 is 0. The molecule has 0 unspecified atom stereocenters. The highest BCUT2D eigenvalue weighted by Gasteiger charge is 2.06. The molecule has 0 aliphatic rings. The number of nitrogens with zero attached hydrogens (tertiary/aromatic N) is 3. The number of carbonyl (C=O) groups excluding carboxylic acids is 1. The molecule has 0 bridgehead atoms. The molecule has 0 aliphatic heterocycles. The molecule has 0 atom stereocenters. The summed E-state index contributed by atoms with van der Waals surface area (Å²) in [5, 5.41) is 31.9. The minimum atomic E-state index is -1.82. The van der Waals surface area contributed by atoms with Crippen LogP contribution in [-0.2, 0) is 20.8 Å². The fourth-order valence-corrected chi connectivity index (χ4v) is 3.40. The summed E-state index contributed by atoms with van der Waals surface area (Å²) in [5.74, 6) is -1.68. The number of aliphatic carboxylic acids is 2. The standard InChI is InChI=1S/C27H36N6O3.C2H2O4/c1-29-27(31-20-28)32-23-11-9-21(10-12-23)7-5-8-26(34)30-14-6-15-33(2)16-13-22-17-24(35-3)19-25(18-22)36-4;3-1(4)2(5)6/h5,7,9-12,17-19H,6,8,13-16H2,1-4H3,(H,30,34)(H2,29,31,32);(H,3,4)(H,5,6)/b7-5+;. The first-order valence-corrected chi connectivity index (χ1v) is 12.9. The lowest BCUT2D eigenvalue weighted by Gasteiger charge is -2.17. The summed E-state index contributed by atoms with van der Waals surface area (Å²) < 4.78 is 10.7. The number of hydrogen-bond acceptors (Lipinski definition) is 8. The average molecular weight is 583 g/mol. The van der Waals surface area contributed by atoms with Crippen molar-refractivity contribution in [3.8, 4) is 17.7 Å². The van der Waals surface area contributed by atoms with Crippen LogP contribution in [0.5, 0.6) is 11.5 Å². The summed E-state index contributed by atoms with van der Waals surface area (Å²) in [7, 11) is 6.98. The zero-order chi connectivity index (χ0) is 31.3. The summed E-state index contributed by atoms with van der Waals surface area (Å²) in [4.78, 5) is 36.5. The third-order valence-corrected chi connectivity index (χ3v) is 5.60. The number of carboxylic acid groups (broad SMARTS) is 2. The largest absolute Gasteiger partial charge is 0.497 e. The Morgan fingerprint density at radius 3 is 2.17 bits per heavy atom. The van der Waals surface area contributed by atoms with Gasteiger partial charge in [0.25, 0.3) is 0 Å². The van der Waals surface area contributed by atoms with E-state index in [0.717, 1.165) is 48.7 Å². The Kier molecular flexibility index (Phi) is 16.5. The van der Waals surface area contributed by atoms with E-state index in [0.29, 0.717) is 18.9 Å². The fourth-order valence-electron chi connectivity index (χ4n) is 3.40. The third kappa shape index (κ3) is 14.9. The Bertz CT molecular complexity index is 1220. The van der Waals surface area contributed by atoms with Crippen LogP contribution in [0.25, 0.3) is 6.08 Å². The predicted octanol–water partition coefficient (Wildman–Crippen LogP) is 2.41. The Morgan fingerprint density at radius 2 is 1.64 bits per heavy atom. The van der Waals surface area contributed by atoms with E-state index < -0.39 is 11.9 Å². The molecular weight excluding hydrogens is 544 g/mol. The SMILES string of the molecule is CN=C(NC#N)Nc1ccc(/C=C/CC(=O)NCCCN(C)CCc2cc(OC)cc(OC)c2)cc1.O=C(O)C(=O)O. The molecule has 1 amide bonds. The number of carboxylic acids is 2. The van der Waals surface area contributed by atoms with Gasteiger partial charge in [0.1, 0.15) is 11.5 Å². The van der Waals surface area contributed by atoms with E-state index in [1.807, 2.05) is 60.8 Å². The summed E-state index contributed by atoms with van der Waals surface area (Å²) in [6.07, 6.45) is 7.69. The quantitative estimate of drug-likeness (QED) is 0.0583. The van der Waals surface area contributed by atoms with Crippen molar-refractivity contribution < 1.29 is 34.1 Å². The molecule has 0 fully saturated rings. The van der Waals surface area contributed by atoms with Gasteiger partial charge in [0.2, 0.25) is 11.9 Å². The molecule has 0 aromatic heterocycles. The second-order valence-electron chi connectivity index (χ2n) is 8.75. The third-order valence-electron chi connectivity index (χ3n) is 5.60. The lowest BCUT2D eigenvalue weighted by molar-refractivity contribution is -0.159. The summed E-state index contributed by atoms with van der Waals surface area (Å²) in [6, 6.07) is 13.5. The van der Waals surface area contributed by atoms with Crippen LogP contribution in [0.15, 0.2) is 53.5 Å². The maximum absolute atomic E-state index is 12.1. The Hall–Kier alpha value is -5.09. The fraction of sp³-hybridized carbons (Fsp3) is 0.345. The average Bonchev–Trinajstić information content (AvgIpc) is 2.98. The van der Waals surface area contributed by atoms with Crippen molar-refractivity contribution in [2.75, 3.05) is 53.3 Å². The van der Waals surface area contributed by atoms with E-state index in [2.05, 4.69) is 32.9 Å². The lowest BCUT2D eigenvalue weighted by atomic mass is 10.1. The lowest BCUT2D eigenvalue weighted by Crippen LogP contribution is -2.28. The molecule has 0 radical (unpaired) electrons. The predicted molar refractivity (Wildman–Crippen MR) is 159 cm³/mol. The Morgan fingerprint density at radius 1 is 1.02 bits per heavy atom. The van der Waals surface area contributed by atoms with Crippen molar-refractivity contribution in [2.24, 2.45) is 4.99 Å². The molecule has 0 saturated heterocycles. The number of carbonyl (C=O) groups is 3. The molecule has 2 aromatic carbocycles. The first-order valence-electron chi connectivity index (χ1n) is 12.9. The number of rotatable bonds is 13. The number of methoxy groups -OCH3 is 2. The topological polar surface area (TPSA) is 186 Å². The number of anilines is 1. The minimum absolute atomic E-state index is 0.00189. The molecule has 13 heteroatoms. The molecule has 0 aliphatic carbocycles. The van der Waals surface area contributed by atoms with Gasteiger partial charge in [-0.15, -0.1) is 0 Å². The van der Waals surface area contributed by atoms with E-state index in [4.69, 9.17) is 34.5 Å². The zero-order valence-corrected chi connectivity index (χ0v) is 24.2. The summed E-state index contributed by atoms with van der Waals surface area (Å²) in [5.41, 5.74) is 2.95. The van der Waals surface area contributed by atoms with E-state index in [-0.39, 0.29) is 5.91 Å². The van der Waals surface area contributed by atoms with Crippen LogP contribution in [0.4, 0.5) is 5.69 Å². The van der Waals surface area contributed by atoms with E-state index in [1.165, 1.54) is 5.56 Å². The van der Waals surface area contributed by atoms with Gasteiger partial charge < -0.3 is 35.2 Å². The molecule has 226 valence electrons. The second-order valence-corrected chi connectivity index (χ2v) is 8.75. The Labute approximate surface area is 245 Å². The molecule has 2 rings (SSSR count). The first kappa shape index (κ1) is 34.9. The van der Waals surface area contributed by atoms with Crippen LogP contribution in [-0.4, -0.2) is 86.9 Å². The van der Waals surface area contributed by atoms with Gasteiger partial charge in [0.15, 0.2) is 6.19 Å². The minimum Gasteiger partial charge on any atom is -0.497 e. The van der Waals surface area contributed by atoms with Gasteiger partial charge in [0, 0.05) is 38.3 Å². The van der Waals surface area contributed by atoms with Crippen molar-refractivity contribution in [2.45, 2.75) is 19.3 Å². The van der Waals surface area contributed by atoms with Gasteiger partial charge in [-0.05, 0) is 61.8 Å². The number of amides is 1. The molecule has 42 heavy (non-hydrogen) atoms. The van der Waals surface area contributed by atoms with Gasteiger partial charge in [-0.1, -0.05) is 24.3 Å². The number of likely N-dealkylation sites (N-methyl/N-ethyl adjacent to an activating group) is 1. The summed E-state index contributed by atoms with van der Waals surface area (Å²) in [6.45, 7) is 2.44. The smallest absolute Gasteiger partial charge is 0.414 e. The number of ether oxygens (including phenoxy) is 2. The van der Waals surface area contributed by atoms with Crippen LogP contribution in [0.1, 0.15) is 24.0 Å². The van der Waals surface area contributed by atoms with Crippen LogP contribution < -0.4 is 25.4 Å².